The van der Waals surface area contributed by atoms with Gasteiger partial charge in [-0.15, -0.1) is 11.8 Å². The molecule has 3 aromatic heterocycles. The third kappa shape index (κ3) is 4.61. The van der Waals surface area contributed by atoms with Crippen molar-refractivity contribution in [1.29, 1.82) is 0 Å². The Morgan fingerprint density at radius 2 is 1.91 bits per heavy atom. The summed E-state index contributed by atoms with van der Waals surface area (Å²) < 4.78 is 7.27. The Morgan fingerprint density at radius 3 is 2.64 bits per heavy atom. The summed E-state index contributed by atoms with van der Waals surface area (Å²) in [6, 6.07) is 8.63. The molecule has 33 heavy (non-hydrogen) atoms. The van der Waals surface area contributed by atoms with E-state index in [2.05, 4.69) is 30.5 Å². The summed E-state index contributed by atoms with van der Waals surface area (Å²) in [4.78, 5) is 34.2. The number of carbonyl (C=O) groups is 2. The minimum atomic E-state index is -0.454. The van der Waals surface area contributed by atoms with Crippen LogP contribution >= 0.6 is 11.8 Å². The second-order valence-corrected chi connectivity index (χ2v) is 8.43. The number of carbonyl (C=O) groups excluding carboxylic acids is 2. The first-order valence-electron chi connectivity index (χ1n) is 10.5. The number of fused-ring (bicyclic) bond motifs is 1. The molecule has 0 fully saturated rings. The lowest BCUT2D eigenvalue weighted by atomic mass is 10.2. The highest BCUT2D eigenvalue weighted by Crippen LogP contribution is 2.27. The number of nitrogens with one attached hydrogen (secondary N) is 2. The van der Waals surface area contributed by atoms with Crippen molar-refractivity contribution in [1.82, 2.24) is 30.5 Å². The minimum Gasteiger partial charge on any atom is -0.361 e. The fraction of sp³-hybridized carbons (Fsp3) is 0.261. The van der Waals surface area contributed by atoms with Gasteiger partial charge in [0.2, 0.25) is 0 Å². The zero-order chi connectivity index (χ0) is 23.5. The molecule has 0 aliphatic carbocycles. The standard InChI is InChI=1S/C23H24N6O3S/c1-5-29-15(4)25-19-11-16(8-9-20(19)29)21(30)26-27-22(31)17-7-6-10-24-23(17)33-12-18-13(2)28-32-14(18)3/h6-11H,5,12H2,1-4H3,(H,26,30)(H,27,31). The van der Waals surface area contributed by atoms with Gasteiger partial charge in [-0.3, -0.25) is 20.4 Å². The molecule has 0 atom stereocenters. The van der Waals surface area contributed by atoms with E-state index >= 15 is 0 Å². The smallest absolute Gasteiger partial charge is 0.272 e. The Balaban J connectivity index is 1.43. The average Bonchev–Trinajstić information content (AvgIpc) is 3.32. The average molecular weight is 465 g/mol. The molecule has 9 nitrogen and oxygen atoms in total. The Morgan fingerprint density at radius 1 is 1.12 bits per heavy atom. The number of amides is 2. The predicted molar refractivity (Wildman–Crippen MR) is 125 cm³/mol. The molecule has 4 rings (SSSR count). The van der Waals surface area contributed by atoms with Crippen molar-refractivity contribution in [2.24, 2.45) is 0 Å². The number of benzene rings is 1. The van der Waals surface area contributed by atoms with Gasteiger partial charge < -0.3 is 9.09 Å². The molecule has 0 unspecified atom stereocenters. The number of aryl methyl sites for hydroxylation is 4. The van der Waals surface area contributed by atoms with E-state index in [1.54, 1.807) is 30.5 Å². The minimum absolute atomic E-state index is 0.363. The summed E-state index contributed by atoms with van der Waals surface area (Å²) in [5.74, 6) is 1.31. The van der Waals surface area contributed by atoms with Crippen LogP contribution in [0, 0.1) is 20.8 Å². The lowest BCUT2D eigenvalue weighted by Gasteiger charge is -2.10. The van der Waals surface area contributed by atoms with E-state index in [-0.39, 0.29) is 0 Å². The maximum absolute atomic E-state index is 12.8. The fourth-order valence-electron chi connectivity index (χ4n) is 3.57. The maximum Gasteiger partial charge on any atom is 0.272 e. The lowest BCUT2D eigenvalue weighted by Crippen LogP contribution is -2.41. The molecule has 10 heteroatoms. The Kier molecular flexibility index (Phi) is 6.45. The summed E-state index contributed by atoms with van der Waals surface area (Å²) in [7, 11) is 0. The van der Waals surface area contributed by atoms with Gasteiger partial charge in [0.25, 0.3) is 11.8 Å². The third-order valence-corrected chi connectivity index (χ3v) is 6.39. The van der Waals surface area contributed by atoms with Crippen LogP contribution in [0.1, 0.15) is 50.5 Å². The molecule has 0 aliphatic rings. The summed E-state index contributed by atoms with van der Waals surface area (Å²) in [6.45, 7) is 8.50. The molecule has 0 spiro atoms. The monoisotopic (exact) mass is 464 g/mol. The number of pyridine rings is 1. The highest BCUT2D eigenvalue weighted by atomic mass is 32.2. The largest absolute Gasteiger partial charge is 0.361 e. The van der Waals surface area contributed by atoms with Gasteiger partial charge >= 0.3 is 0 Å². The van der Waals surface area contributed by atoms with Gasteiger partial charge in [-0.1, -0.05) is 5.16 Å². The zero-order valence-electron chi connectivity index (χ0n) is 18.8. The molecule has 0 radical (unpaired) electrons. The number of rotatable bonds is 6. The van der Waals surface area contributed by atoms with E-state index in [1.807, 2.05) is 33.8 Å². The quantitative estimate of drug-likeness (QED) is 0.330. The molecule has 3 heterocycles. The summed E-state index contributed by atoms with van der Waals surface area (Å²) >= 11 is 1.40. The maximum atomic E-state index is 12.8. The van der Waals surface area contributed by atoms with Gasteiger partial charge in [0.1, 0.15) is 16.6 Å². The molecular weight excluding hydrogens is 440 g/mol. The van der Waals surface area contributed by atoms with Crippen molar-refractivity contribution in [3.8, 4) is 0 Å². The Hall–Kier alpha value is -3.66. The molecule has 1 aromatic carbocycles. The van der Waals surface area contributed by atoms with Crippen LogP contribution in [0.5, 0.6) is 0 Å². The van der Waals surface area contributed by atoms with Gasteiger partial charge in [-0.2, -0.15) is 0 Å². The van der Waals surface area contributed by atoms with Crippen molar-refractivity contribution in [2.45, 2.75) is 45.0 Å². The van der Waals surface area contributed by atoms with Crippen molar-refractivity contribution in [3.05, 3.63) is 70.5 Å². The first-order chi connectivity index (χ1) is 15.9. The number of imidazole rings is 1. The first kappa shape index (κ1) is 22.5. The van der Waals surface area contributed by atoms with Crippen LogP contribution in [-0.4, -0.2) is 31.5 Å². The molecule has 0 aliphatic heterocycles. The van der Waals surface area contributed by atoms with Crippen molar-refractivity contribution < 1.29 is 14.1 Å². The van der Waals surface area contributed by atoms with Crippen LogP contribution in [0.2, 0.25) is 0 Å². The summed E-state index contributed by atoms with van der Waals surface area (Å²) in [5.41, 5.74) is 9.21. The fourth-order valence-corrected chi connectivity index (χ4v) is 4.72. The van der Waals surface area contributed by atoms with Gasteiger partial charge in [-0.05, 0) is 58.0 Å². The molecular formula is C23H24N6O3S. The highest BCUT2D eigenvalue weighted by molar-refractivity contribution is 7.98. The van der Waals surface area contributed by atoms with Crippen molar-refractivity contribution in [2.75, 3.05) is 0 Å². The predicted octanol–water partition coefficient (Wildman–Crippen LogP) is 3.73. The van der Waals surface area contributed by atoms with Gasteiger partial charge in [0, 0.05) is 29.6 Å². The van der Waals surface area contributed by atoms with E-state index in [4.69, 9.17) is 4.52 Å². The van der Waals surface area contributed by atoms with Gasteiger partial charge in [0.05, 0.1) is 22.3 Å². The van der Waals surface area contributed by atoms with Gasteiger partial charge in [-0.25, -0.2) is 9.97 Å². The van der Waals surface area contributed by atoms with Crippen LogP contribution in [0.3, 0.4) is 0 Å². The van der Waals surface area contributed by atoms with Crippen LogP contribution in [0.15, 0.2) is 46.1 Å². The van der Waals surface area contributed by atoms with E-state index < -0.39 is 11.8 Å². The van der Waals surface area contributed by atoms with Crippen molar-refractivity contribution in [3.63, 3.8) is 0 Å². The van der Waals surface area contributed by atoms with Crippen LogP contribution in [0.4, 0.5) is 0 Å². The van der Waals surface area contributed by atoms with E-state index in [0.717, 1.165) is 40.4 Å². The number of hydrogen-bond donors (Lipinski definition) is 2. The molecule has 4 aromatic rings. The zero-order valence-corrected chi connectivity index (χ0v) is 19.6. The van der Waals surface area contributed by atoms with Crippen molar-refractivity contribution >= 4 is 34.6 Å². The number of thioether (sulfide) groups is 1. The molecule has 0 saturated heterocycles. The molecule has 0 saturated carbocycles. The highest BCUT2D eigenvalue weighted by Gasteiger charge is 2.17. The molecule has 2 amide bonds. The lowest BCUT2D eigenvalue weighted by molar-refractivity contribution is 0.0844. The SMILES string of the molecule is CCn1c(C)nc2cc(C(=O)NNC(=O)c3cccnc3SCc3c(C)noc3C)ccc21. The van der Waals surface area contributed by atoms with E-state index in [1.165, 1.54) is 11.8 Å². The normalized spacial score (nSPS) is 11.0. The van der Waals surface area contributed by atoms with Crippen LogP contribution in [0.25, 0.3) is 11.0 Å². The number of nitrogens with zero attached hydrogens (tertiary/aromatic N) is 4. The van der Waals surface area contributed by atoms with Crippen LogP contribution in [-0.2, 0) is 12.3 Å². The van der Waals surface area contributed by atoms with Crippen LogP contribution < -0.4 is 10.9 Å². The third-order valence-electron chi connectivity index (χ3n) is 5.36. The summed E-state index contributed by atoms with van der Waals surface area (Å²) in [5, 5.41) is 4.50. The second-order valence-electron chi connectivity index (χ2n) is 7.46. The second kappa shape index (κ2) is 9.45. The van der Waals surface area contributed by atoms with Gasteiger partial charge in [0.15, 0.2) is 0 Å². The number of hydrazine groups is 1. The first-order valence-corrected chi connectivity index (χ1v) is 11.4. The number of aromatic nitrogens is 4. The topological polar surface area (TPSA) is 115 Å². The Bertz CT molecular complexity index is 1320. The summed E-state index contributed by atoms with van der Waals surface area (Å²) in [6.07, 6.45) is 1.62. The molecule has 2 N–H and O–H groups in total. The van der Waals surface area contributed by atoms with E-state index in [0.29, 0.717) is 21.9 Å². The molecule has 170 valence electrons. The van der Waals surface area contributed by atoms with E-state index in [9.17, 15) is 9.59 Å². The molecule has 0 bridgehead atoms. The number of hydrogen-bond acceptors (Lipinski definition) is 7. The Labute approximate surface area is 194 Å².